The molecule has 9 nitrogen and oxygen atoms in total. The number of carboxylic acid groups (broad SMARTS) is 1. The molecular formula is C31H36F3N5O4. The summed E-state index contributed by atoms with van der Waals surface area (Å²) in [6.45, 7) is 4.93. The maximum absolute atomic E-state index is 13.9. The fourth-order valence-corrected chi connectivity index (χ4v) is 5.70. The summed E-state index contributed by atoms with van der Waals surface area (Å²) in [5.74, 6) is 0.485. The number of benzene rings is 1. The molecular weight excluding hydrogens is 563 g/mol. The molecule has 2 aliphatic heterocycles. The van der Waals surface area contributed by atoms with Crippen molar-refractivity contribution in [2.24, 2.45) is 0 Å². The zero-order chi connectivity index (χ0) is 31.0. The van der Waals surface area contributed by atoms with Crippen LogP contribution in [0, 0.1) is 0 Å². The number of hydrogen-bond donors (Lipinski definition) is 2. The summed E-state index contributed by atoms with van der Waals surface area (Å²) in [6, 6.07) is 12.9. The summed E-state index contributed by atoms with van der Waals surface area (Å²) in [4.78, 5) is 35.6. The van der Waals surface area contributed by atoms with Crippen LogP contribution in [0.1, 0.15) is 37.3 Å². The molecule has 0 radical (unpaired) electrons. The lowest BCUT2D eigenvalue weighted by molar-refractivity contribution is -0.137. The molecule has 2 saturated heterocycles. The molecule has 5 rings (SSSR count). The number of likely N-dealkylation sites (N-methyl/N-ethyl adjacent to an activating group) is 1. The highest BCUT2D eigenvalue weighted by Gasteiger charge is 2.44. The summed E-state index contributed by atoms with van der Waals surface area (Å²) in [5.41, 5.74) is 1.56. The van der Waals surface area contributed by atoms with Crippen LogP contribution < -0.4 is 15.0 Å². The fraction of sp³-hybridized carbons (Fsp3) is 0.419. The molecule has 1 atom stereocenters. The molecule has 2 N–H and O–H groups in total. The number of hydrogen-bond acceptors (Lipinski definition) is 7. The Labute approximate surface area is 248 Å². The van der Waals surface area contributed by atoms with Gasteiger partial charge in [0.1, 0.15) is 0 Å². The van der Waals surface area contributed by atoms with Crippen LogP contribution in [0.5, 0.6) is 5.88 Å². The monoisotopic (exact) mass is 599 g/mol. The molecule has 230 valence electrons. The molecule has 0 bridgehead atoms. The number of alkyl halides is 3. The second kappa shape index (κ2) is 13.9. The van der Waals surface area contributed by atoms with Gasteiger partial charge < -0.3 is 25.0 Å². The number of likely N-dealkylation sites (tertiary alicyclic amines) is 1. The number of nitrogens with one attached hydrogen (secondary N) is 1. The summed E-state index contributed by atoms with van der Waals surface area (Å²) in [7, 11) is 2.04. The van der Waals surface area contributed by atoms with Crippen molar-refractivity contribution in [3.8, 4) is 17.1 Å². The number of rotatable bonds is 7. The Morgan fingerprint density at radius 2 is 1.81 bits per heavy atom. The van der Waals surface area contributed by atoms with Gasteiger partial charge in [0.05, 0.1) is 28.8 Å². The van der Waals surface area contributed by atoms with E-state index in [1.54, 1.807) is 12.4 Å². The number of carbonyl (C=O) groups is 2. The summed E-state index contributed by atoms with van der Waals surface area (Å²) in [5, 5.41) is 10.2. The van der Waals surface area contributed by atoms with Gasteiger partial charge in [0, 0.05) is 43.8 Å². The lowest BCUT2D eigenvalue weighted by Gasteiger charge is -2.42. The normalized spacial score (nSPS) is 18.3. The minimum absolute atomic E-state index is 0.0224. The minimum Gasteiger partial charge on any atom is -0.483 e. The van der Waals surface area contributed by atoms with Crippen LogP contribution in [0.25, 0.3) is 11.3 Å². The minimum atomic E-state index is -4.37. The van der Waals surface area contributed by atoms with Gasteiger partial charge in [-0.3, -0.25) is 14.6 Å². The molecule has 0 saturated carbocycles. The molecule has 0 aliphatic carbocycles. The maximum Gasteiger partial charge on any atom is 0.416 e. The molecule has 4 heterocycles. The highest BCUT2D eigenvalue weighted by molar-refractivity contribution is 5.89. The third-order valence-corrected chi connectivity index (χ3v) is 7.98. The van der Waals surface area contributed by atoms with Crippen molar-refractivity contribution in [3.05, 3.63) is 72.1 Å². The Bertz CT molecular complexity index is 1360. The number of amides is 1. The zero-order valence-corrected chi connectivity index (χ0v) is 24.2. The van der Waals surface area contributed by atoms with E-state index in [0.717, 1.165) is 42.8 Å². The van der Waals surface area contributed by atoms with Crippen molar-refractivity contribution in [2.75, 3.05) is 44.7 Å². The smallest absolute Gasteiger partial charge is 0.416 e. The van der Waals surface area contributed by atoms with Crippen LogP contribution in [0.2, 0.25) is 0 Å². The number of piperidine rings is 1. The fourth-order valence-electron chi connectivity index (χ4n) is 5.70. The Balaban J connectivity index is 0.00000135. The first-order valence-electron chi connectivity index (χ1n) is 14.2. The topological polar surface area (TPSA) is 108 Å². The van der Waals surface area contributed by atoms with Gasteiger partial charge in [-0.2, -0.15) is 13.2 Å². The van der Waals surface area contributed by atoms with Crippen LogP contribution in [-0.4, -0.2) is 78.2 Å². The van der Waals surface area contributed by atoms with E-state index in [4.69, 9.17) is 19.6 Å². The van der Waals surface area contributed by atoms with E-state index < -0.39 is 17.2 Å². The van der Waals surface area contributed by atoms with Crippen LogP contribution in [-0.2, 0) is 21.2 Å². The Morgan fingerprint density at radius 3 is 2.37 bits per heavy atom. The first-order valence-corrected chi connectivity index (χ1v) is 14.2. The van der Waals surface area contributed by atoms with Crippen molar-refractivity contribution in [1.29, 1.82) is 0 Å². The van der Waals surface area contributed by atoms with Crippen LogP contribution >= 0.6 is 0 Å². The van der Waals surface area contributed by atoms with Gasteiger partial charge >= 0.3 is 6.18 Å². The number of halogens is 3. The maximum atomic E-state index is 13.9. The third-order valence-electron chi connectivity index (χ3n) is 7.98. The van der Waals surface area contributed by atoms with Crippen molar-refractivity contribution < 1.29 is 32.6 Å². The van der Waals surface area contributed by atoms with Crippen LogP contribution in [0.15, 0.2) is 60.9 Å². The number of anilines is 1. The summed E-state index contributed by atoms with van der Waals surface area (Å²) in [6.07, 6.45) is 0.995. The molecule has 2 fully saturated rings. The van der Waals surface area contributed by atoms with E-state index in [0.29, 0.717) is 49.8 Å². The molecule has 12 heteroatoms. The molecule has 2 aromatic heterocycles. The lowest BCUT2D eigenvalue weighted by atomic mass is 9.72. The standard InChI is InChI=1S/C30H34F3N5O2.CH2O2/c1-3-40-27-25(5-4-15-34-27)26-11-8-22(19-35-26)29(28(39)36-23-12-16-37(2)20-23)13-17-38(18-14-29)24-9-6-21(7-10-24)30(31,32)33;2-1-3/h4-11,15,19,23H,3,12-14,16-18,20H2,1-2H3,(H,36,39);1H,(H,2,3)/t23-;/m0./s1. The first-order chi connectivity index (χ1) is 20.6. The van der Waals surface area contributed by atoms with Crippen molar-refractivity contribution in [3.63, 3.8) is 0 Å². The van der Waals surface area contributed by atoms with E-state index in [-0.39, 0.29) is 18.4 Å². The Hall–Kier alpha value is -4.19. The average Bonchev–Trinajstić information content (AvgIpc) is 3.42. The summed E-state index contributed by atoms with van der Waals surface area (Å²) < 4.78 is 44.8. The van der Waals surface area contributed by atoms with E-state index >= 15 is 0 Å². The van der Waals surface area contributed by atoms with Gasteiger partial charge in [0.15, 0.2) is 0 Å². The Kier molecular flexibility index (Phi) is 10.2. The van der Waals surface area contributed by atoms with Gasteiger partial charge in [-0.1, -0.05) is 6.07 Å². The van der Waals surface area contributed by atoms with E-state index in [9.17, 15) is 18.0 Å². The first kappa shape index (κ1) is 31.7. The largest absolute Gasteiger partial charge is 0.483 e. The summed E-state index contributed by atoms with van der Waals surface area (Å²) >= 11 is 0. The highest BCUT2D eigenvalue weighted by atomic mass is 19.4. The van der Waals surface area contributed by atoms with Gasteiger partial charge in [-0.25, -0.2) is 4.98 Å². The predicted molar refractivity (Wildman–Crippen MR) is 156 cm³/mol. The van der Waals surface area contributed by atoms with Gasteiger partial charge in [0.25, 0.3) is 6.47 Å². The molecule has 1 aromatic carbocycles. The predicted octanol–water partition coefficient (Wildman–Crippen LogP) is 4.62. The van der Waals surface area contributed by atoms with Crippen LogP contribution in [0.3, 0.4) is 0 Å². The van der Waals surface area contributed by atoms with Gasteiger partial charge in [0.2, 0.25) is 11.8 Å². The third kappa shape index (κ3) is 7.42. The van der Waals surface area contributed by atoms with E-state index in [2.05, 4.69) is 15.2 Å². The molecule has 3 aromatic rings. The second-order valence-electron chi connectivity index (χ2n) is 10.7. The number of nitrogens with zero attached hydrogens (tertiary/aromatic N) is 4. The zero-order valence-electron chi connectivity index (χ0n) is 24.2. The number of carbonyl (C=O) groups excluding carboxylic acids is 1. The molecule has 2 aliphatic rings. The van der Waals surface area contributed by atoms with E-state index in [1.165, 1.54) is 12.1 Å². The molecule has 0 spiro atoms. The van der Waals surface area contributed by atoms with Crippen molar-refractivity contribution in [1.82, 2.24) is 20.2 Å². The highest BCUT2D eigenvalue weighted by Crippen LogP contribution is 2.39. The molecule has 1 amide bonds. The Morgan fingerprint density at radius 1 is 1.12 bits per heavy atom. The lowest BCUT2D eigenvalue weighted by Crippen LogP contribution is -2.54. The molecule has 0 unspecified atom stereocenters. The number of aromatic nitrogens is 2. The van der Waals surface area contributed by atoms with Crippen LogP contribution in [0.4, 0.5) is 18.9 Å². The second-order valence-corrected chi connectivity index (χ2v) is 10.7. The van der Waals surface area contributed by atoms with Gasteiger partial charge in [-0.15, -0.1) is 0 Å². The van der Waals surface area contributed by atoms with Gasteiger partial charge in [-0.05, 0) is 87.8 Å². The number of pyridine rings is 2. The number of ether oxygens (including phenoxy) is 1. The van der Waals surface area contributed by atoms with Crippen molar-refractivity contribution in [2.45, 2.75) is 43.8 Å². The average molecular weight is 600 g/mol. The van der Waals surface area contributed by atoms with Crippen molar-refractivity contribution >= 4 is 18.1 Å². The SMILES string of the molecule is CCOc1ncccc1-c1ccc(C2(C(=O)N[C@H]3CCN(C)C3)CCN(c3ccc(C(F)(F)F)cc3)CC2)cn1.O=CO. The molecule has 43 heavy (non-hydrogen) atoms. The quantitative estimate of drug-likeness (QED) is 0.379. The van der Waals surface area contributed by atoms with E-state index in [1.807, 2.05) is 43.1 Å².